The van der Waals surface area contributed by atoms with Gasteiger partial charge in [0.1, 0.15) is 6.54 Å². The maximum atomic E-state index is 13.2. The van der Waals surface area contributed by atoms with Crippen molar-refractivity contribution in [2.75, 3.05) is 47.8 Å². The summed E-state index contributed by atoms with van der Waals surface area (Å²) in [6, 6.07) is 13.1. The van der Waals surface area contributed by atoms with Crippen LogP contribution < -0.4 is 15.1 Å². The van der Waals surface area contributed by atoms with Crippen LogP contribution in [0.2, 0.25) is 5.02 Å². The topological polar surface area (TPSA) is 55.9 Å². The van der Waals surface area contributed by atoms with Crippen molar-refractivity contribution in [3.8, 4) is 0 Å². The van der Waals surface area contributed by atoms with E-state index in [2.05, 4.69) is 22.0 Å². The SMILES string of the molecule is Cc1ccc(Cl)cc1N1CCN([C@@H](C)C(=O)N2CC(=O)Nc3ccccc32)CC1. The molecule has 2 aromatic rings. The fourth-order valence-corrected chi connectivity index (χ4v) is 4.25. The molecule has 29 heavy (non-hydrogen) atoms. The van der Waals surface area contributed by atoms with Gasteiger partial charge in [-0.3, -0.25) is 19.4 Å². The van der Waals surface area contributed by atoms with Crippen LogP contribution in [0, 0.1) is 6.92 Å². The van der Waals surface area contributed by atoms with E-state index in [4.69, 9.17) is 11.6 Å². The normalized spacial score (nSPS) is 18.2. The minimum absolute atomic E-state index is 0.0420. The van der Waals surface area contributed by atoms with Gasteiger partial charge in [0.2, 0.25) is 11.8 Å². The number of nitrogens with zero attached hydrogens (tertiary/aromatic N) is 3. The summed E-state index contributed by atoms with van der Waals surface area (Å²) in [5.74, 6) is -0.204. The van der Waals surface area contributed by atoms with Crippen molar-refractivity contribution in [1.29, 1.82) is 0 Å². The number of fused-ring (bicyclic) bond motifs is 1. The van der Waals surface area contributed by atoms with E-state index in [1.54, 1.807) is 4.90 Å². The molecule has 1 atom stereocenters. The van der Waals surface area contributed by atoms with Crippen molar-refractivity contribution in [3.05, 3.63) is 53.1 Å². The fourth-order valence-electron chi connectivity index (χ4n) is 4.08. The van der Waals surface area contributed by atoms with E-state index >= 15 is 0 Å². The summed E-state index contributed by atoms with van der Waals surface area (Å²) in [5, 5.41) is 3.57. The smallest absolute Gasteiger partial charge is 0.244 e. The number of rotatable bonds is 3. The molecule has 152 valence electrons. The molecule has 0 unspecified atom stereocenters. The van der Waals surface area contributed by atoms with Gasteiger partial charge in [-0.2, -0.15) is 0 Å². The maximum absolute atomic E-state index is 13.2. The third-order valence-electron chi connectivity index (χ3n) is 5.77. The number of piperazine rings is 1. The molecule has 0 aromatic heterocycles. The second-order valence-electron chi connectivity index (χ2n) is 7.62. The summed E-state index contributed by atoms with van der Waals surface area (Å²) in [7, 11) is 0. The molecule has 0 radical (unpaired) electrons. The zero-order chi connectivity index (χ0) is 20.5. The third-order valence-corrected chi connectivity index (χ3v) is 6.00. The zero-order valence-corrected chi connectivity index (χ0v) is 17.4. The number of aryl methyl sites for hydroxylation is 1. The van der Waals surface area contributed by atoms with Gasteiger partial charge in [0, 0.05) is 36.9 Å². The van der Waals surface area contributed by atoms with Crippen LogP contribution in [0.1, 0.15) is 12.5 Å². The molecular weight excluding hydrogens is 388 g/mol. The Morgan fingerprint density at radius 3 is 2.55 bits per heavy atom. The molecule has 1 fully saturated rings. The molecule has 0 saturated carbocycles. The number of carbonyl (C=O) groups excluding carboxylic acids is 2. The van der Waals surface area contributed by atoms with Gasteiger partial charge in [-0.1, -0.05) is 29.8 Å². The van der Waals surface area contributed by atoms with Crippen molar-refractivity contribution < 1.29 is 9.59 Å². The number of hydrogen-bond acceptors (Lipinski definition) is 4. The number of anilines is 3. The van der Waals surface area contributed by atoms with Gasteiger partial charge >= 0.3 is 0 Å². The molecule has 2 aliphatic rings. The lowest BCUT2D eigenvalue weighted by molar-refractivity contribution is -0.125. The first-order valence-corrected chi connectivity index (χ1v) is 10.3. The predicted octanol–water partition coefficient (Wildman–Crippen LogP) is 3.14. The first-order chi connectivity index (χ1) is 13.9. The first-order valence-electron chi connectivity index (χ1n) is 9.89. The number of benzene rings is 2. The molecule has 2 aliphatic heterocycles. The van der Waals surface area contributed by atoms with Crippen LogP contribution in [0.15, 0.2) is 42.5 Å². The van der Waals surface area contributed by atoms with Crippen LogP contribution in [0.5, 0.6) is 0 Å². The number of nitrogens with one attached hydrogen (secondary N) is 1. The second kappa shape index (κ2) is 8.05. The number of hydrogen-bond donors (Lipinski definition) is 1. The highest BCUT2D eigenvalue weighted by Crippen LogP contribution is 2.30. The highest BCUT2D eigenvalue weighted by molar-refractivity contribution is 6.30. The molecule has 0 aliphatic carbocycles. The Kier molecular flexibility index (Phi) is 5.48. The van der Waals surface area contributed by atoms with Gasteiger partial charge in [-0.05, 0) is 43.7 Å². The Hall–Kier alpha value is -2.57. The maximum Gasteiger partial charge on any atom is 0.244 e. The molecule has 0 spiro atoms. The summed E-state index contributed by atoms with van der Waals surface area (Å²) in [4.78, 5) is 31.4. The van der Waals surface area contributed by atoms with Gasteiger partial charge < -0.3 is 10.2 Å². The summed E-state index contributed by atoms with van der Waals surface area (Å²) < 4.78 is 0. The average molecular weight is 413 g/mol. The molecule has 6 nitrogen and oxygen atoms in total. The van der Waals surface area contributed by atoms with Gasteiger partial charge in [0.05, 0.1) is 17.4 Å². The van der Waals surface area contributed by atoms with Crippen molar-refractivity contribution in [3.63, 3.8) is 0 Å². The Labute approximate surface area is 176 Å². The molecule has 2 heterocycles. The Morgan fingerprint density at radius 2 is 1.79 bits per heavy atom. The number of para-hydroxylation sites is 2. The quantitative estimate of drug-likeness (QED) is 0.841. The highest BCUT2D eigenvalue weighted by atomic mass is 35.5. The largest absolute Gasteiger partial charge is 0.369 e. The van der Waals surface area contributed by atoms with Crippen LogP contribution in [-0.4, -0.2) is 55.5 Å². The lowest BCUT2D eigenvalue weighted by Crippen LogP contribution is -2.56. The van der Waals surface area contributed by atoms with Crippen molar-refractivity contribution >= 4 is 40.5 Å². The first kappa shape index (κ1) is 19.7. The molecule has 2 aromatic carbocycles. The molecule has 1 N–H and O–H groups in total. The number of halogens is 1. The van der Waals surface area contributed by atoms with Crippen LogP contribution in [0.25, 0.3) is 0 Å². The Morgan fingerprint density at radius 1 is 1.07 bits per heavy atom. The Balaban J connectivity index is 1.45. The van der Waals surface area contributed by atoms with Crippen LogP contribution in [0.4, 0.5) is 17.1 Å². The van der Waals surface area contributed by atoms with E-state index in [0.717, 1.165) is 42.6 Å². The van der Waals surface area contributed by atoms with Crippen LogP contribution >= 0.6 is 11.6 Å². The zero-order valence-electron chi connectivity index (χ0n) is 16.7. The summed E-state index contributed by atoms with van der Waals surface area (Å²) in [6.07, 6.45) is 0. The van der Waals surface area contributed by atoms with Gasteiger partial charge in [0.15, 0.2) is 0 Å². The summed E-state index contributed by atoms with van der Waals surface area (Å²) in [6.45, 7) is 7.29. The minimum atomic E-state index is -0.295. The van der Waals surface area contributed by atoms with E-state index < -0.39 is 0 Å². The van der Waals surface area contributed by atoms with Crippen LogP contribution in [0.3, 0.4) is 0 Å². The van der Waals surface area contributed by atoms with Crippen molar-refractivity contribution in [2.24, 2.45) is 0 Å². The number of amides is 2. The van der Waals surface area contributed by atoms with Crippen LogP contribution in [-0.2, 0) is 9.59 Å². The van der Waals surface area contributed by atoms with E-state index in [1.807, 2.05) is 49.4 Å². The van der Waals surface area contributed by atoms with Gasteiger partial charge in [0.25, 0.3) is 0 Å². The van der Waals surface area contributed by atoms with Crippen molar-refractivity contribution in [2.45, 2.75) is 19.9 Å². The average Bonchev–Trinajstić information content (AvgIpc) is 2.74. The lowest BCUT2D eigenvalue weighted by Gasteiger charge is -2.41. The third kappa shape index (κ3) is 3.95. The van der Waals surface area contributed by atoms with E-state index in [-0.39, 0.29) is 24.4 Å². The van der Waals surface area contributed by atoms with Crippen molar-refractivity contribution in [1.82, 2.24) is 4.90 Å². The Bertz CT molecular complexity index is 940. The molecular formula is C22H25ClN4O2. The highest BCUT2D eigenvalue weighted by Gasteiger charge is 2.33. The summed E-state index contributed by atoms with van der Waals surface area (Å²) >= 11 is 6.18. The molecule has 7 heteroatoms. The standard InChI is InChI=1S/C22H25ClN4O2/c1-15-7-8-17(23)13-20(15)26-11-9-25(10-12-26)16(2)22(29)27-14-21(28)24-18-5-3-4-6-19(18)27/h3-8,13,16H,9-12,14H2,1-2H3,(H,24,28)/t16-/m0/s1. The van der Waals surface area contributed by atoms with E-state index in [0.29, 0.717) is 5.69 Å². The fraction of sp³-hybridized carbons (Fsp3) is 0.364. The van der Waals surface area contributed by atoms with Gasteiger partial charge in [-0.15, -0.1) is 0 Å². The molecule has 4 rings (SSSR count). The van der Waals surface area contributed by atoms with E-state index in [9.17, 15) is 9.59 Å². The summed E-state index contributed by atoms with van der Waals surface area (Å²) in [5.41, 5.74) is 3.79. The monoisotopic (exact) mass is 412 g/mol. The molecule has 2 amide bonds. The van der Waals surface area contributed by atoms with Gasteiger partial charge in [-0.25, -0.2) is 0 Å². The molecule has 0 bridgehead atoms. The number of carbonyl (C=O) groups is 2. The molecule has 1 saturated heterocycles. The lowest BCUT2D eigenvalue weighted by atomic mass is 10.1. The van der Waals surface area contributed by atoms with E-state index in [1.165, 1.54) is 5.56 Å². The predicted molar refractivity (Wildman–Crippen MR) is 117 cm³/mol. The minimum Gasteiger partial charge on any atom is -0.369 e. The second-order valence-corrected chi connectivity index (χ2v) is 8.06.